The highest BCUT2D eigenvalue weighted by molar-refractivity contribution is 7.22. The van der Waals surface area contributed by atoms with Crippen LogP contribution in [-0.2, 0) is 11.2 Å². The van der Waals surface area contributed by atoms with Gasteiger partial charge in [0.25, 0.3) is 5.91 Å². The van der Waals surface area contributed by atoms with Crippen molar-refractivity contribution in [1.82, 2.24) is 9.88 Å². The number of halogens is 1. The van der Waals surface area contributed by atoms with Gasteiger partial charge in [-0.15, -0.1) is 0 Å². The van der Waals surface area contributed by atoms with Gasteiger partial charge in [-0.2, -0.15) is 0 Å². The van der Waals surface area contributed by atoms with E-state index in [1.54, 1.807) is 11.3 Å². The van der Waals surface area contributed by atoms with Crippen molar-refractivity contribution in [2.75, 3.05) is 37.7 Å². The zero-order valence-corrected chi connectivity index (χ0v) is 17.3. The van der Waals surface area contributed by atoms with Crippen LogP contribution in [0.1, 0.15) is 12.5 Å². The highest BCUT2D eigenvalue weighted by Crippen LogP contribution is 2.31. The van der Waals surface area contributed by atoms with Gasteiger partial charge < -0.3 is 14.5 Å². The highest BCUT2D eigenvalue weighted by Gasteiger charge is 2.23. The Hall–Kier alpha value is -2.31. The molecule has 1 aromatic heterocycles. The number of piperazine rings is 1. The number of carbonyl (C=O) groups excluding carboxylic acids is 1. The summed E-state index contributed by atoms with van der Waals surface area (Å²) in [5.41, 5.74) is 2.09. The Morgan fingerprint density at radius 2 is 1.96 bits per heavy atom. The second-order valence-corrected chi connectivity index (χ2v) is 8.17. The zero-order chi connectivity index (χ0) is 19.5. The van der Waals surface area contributed by atoms with E-state index in [4.69, 9.17) is 21.3 Å². The van der Waals surface area contributed by atoms with Gasteiger partial charge in [0, 0.05) is 31.2 Å². The molecule has 0 spiro atoms. The van der Waals surface area contributed by atoms with Crippen LogP contribution in [0, 0.1) is 0 Å². The number of hydrogen-bond acceptors (Lipinski definition) is 5. The molecule has 2 heterocycles. The van der Waals surface area contributed by atoms with E-state index in [9.17, 15) is 4.79 Å². The fraction of sp³-hybridized carbons (Fsp3) is 0.333. The van der Waals surface area contributed by atoms with Crippen molar-refractivity contribution < 1.29 is 9.53 Å². The van der Waals surface area contributed by atoms with E-state index in [1.165, 1.54) is 0 Å². The van der Waals surface area contributed by atoms with E-state index < -0.39 is 0 Å². The average Bonchev–Trinajstić information content (AvgIpc) is 3.15. The first-order valence-electron chi connectivity index (χ1n) is 9.43. The van der Waals surface area contributed by atoms with Crippen molar-refractivity contribution >= 4 is 44.2 Å². The summed E-state index contributed by atoms with van der Waals surface area (Å²) in [6, 6.07) is 13.6. The minimum atomic E-state index is 0.0293. The van der Waals surface area contributed by atoms with Crippen LogP contribution in [0.15, 0.2) is 42.5 Å². The lowest BCUT2D eigenvalue weighted by Gasteiger charge is -2.34. The molecule has 3 aromatic rings. The number of aryl methyl sites for hydroxylation is 1. The van der Waals surface area contributed by atoms with Crippen molar-refractivity contribution in [2.45, 2.75) is 13.3 Å². The van der Waals surface area contributed by atoms with Crippen molar-refractivity contribution in [2.24, 2.45) is 0 Å². The van der Waals surface area contributed by atoms with Crippen LogP contribution >= 0.6 is 22.9 Å². The molecule has 146 valence electrons. The van der Waals surface area contributed by atoms with E-state index in [-0.39, 0.29) is 12.5 Å². The summed E-state index contributed by atoms with van der Waals surface area (Å²) in [5.74, 6) is 0.826. The van der Waals surface area contributed by atoms with Gasteiger partial charge in [0.15, 0.2) is 11.7 Å². The third-order valence-electron chi connectivity index (χ3n) is 4.95. The highest BCUT2D eigenvalue weighted by atomic mass is 35.5. The molecule has 0 bridgehead atoms. The van der Waals surface area contributed by atoms with Crippen LogP contribution < -0.4 is 9.64 Å². The Labute approximate surface area is 173 Å². The van der Waals surface area contributed by atoms with Gasteiger partial charge in [0.05, 0.1) is 10.2 Å². The molecular weight excluding hydrogens is 394 g/mol. The van der Waals surface area contributed by atoms with E-state index in [0.717, 1.165) is 51.2 Å². The van der Waals surface area contributed by atoms with Crippen molar-refractivity contribution in [1.29, 1.82) is 0 Å². The van der Waals surface area contributed by atoms with E-state index in [0.29, 0.717) is 13.1 Å². The number of rotatable bonds is 5. The maximum atomic E-state index is 12.5. The molecule has 0 aliphatic carbocycles. The molecular formula is C21H22ClN3O2S. The second-order valence-electron chi connectivity index (χ2n) is 6.73. The number of anilines is 1. The first kappa shape index (κ1) is 19.0. The summed E-state index contributed by atoms with van der Waals surface area (Å²) in [4.78, 5) is 21.3. The number of fused-ring (bicyclic) bond motifs is 1. The Kier molecular flexibility index (Phi) is 5.69. The Morgan fingerprint density at radius 3 is 2.75 bits per heavy atom. The molecule has 1 saturated heterocycles. The van der Waals surface area contributed by atoms with Crippen LogP contribution in [0.25, 0.3) is 10.2 Å². The Bertz CT molecular complexity index is 983. The maximum absolute atomic E-state index is 12.5. The van der Waals surface area contributed by atoms with Crippen molar-refractivity contribution in [3.8, 4) is 5.75 Å². The van der Waals surface area contributed by atoms with Crippen LogP contribution in [0.5, 0.6) is 5.75 Å². The smallest absolute Gasteiger partial charge is 0.260 e. The van der Waals surface area contributed by atoms with Crippen LogP contribution in [0.3, 0.4) is 0 Å². The summed E-state index contributed by atoms with van der Waals surface area (Å²) in [6.45, 7) is 5.05. The molecule has 7 heteroatoms. The molecule has 1 aliphatic heterocycles. The number of nitrogens with zero attached hydrogens (tertiary/aromatic N) is 3. The lowest BCUT2D eigenvalue weighted by atomic mass is 10.1. The summed E-state index contributed by atoms with van der Waals surface area (Å²) in [5, 5.41) is 1.71. The van der Waals surface area contributed by atoms with Gasteiger partial charge in [0.1, 0.15) is 5.75 Å². The van der Waals surface area contributed by atoms with Crippen LogP contribution in [0.2, 0.25) is 5.02 Å². The van der Waals surface area contributed by atoms with E-state index in [1.807, 2.05) is 47.4 Å². The molecule has 1 aliphatic rings. The molecule has 0 radical (unpaired) electrons. The van der Waals surface area contributed by atoms with Crippen LogP contribution in [-0.4, -0.2) is 48.6 Å². The second kappa shape index (κ2) is 8.37. The molecule has 0 unspecified atom stereocenters. The third kappa shape index (κ3) is 4.08. The lowest BCUT2D eigenvalue weighted by Crippen LogP contribution is -2.50. The number of para-hydroxylation sites is 1. The van der Waals surface area contributed by atoms with Gasteiger partial charge in [-0.05, 0) is 36.2 Å². The number of aromatic nitrogens is 1. The number of amides is 1. The molecule has 5 nitrogen and oxygen atoms in total. The zero-order valence-electron chi connectivity index (χ0n) is 15.7. The molecule has 1 fully saturated rings. The minimum Gasteiger partial charge on any atom is -0.483 e. The molecule has 0 atom stereocenters. The molecule has 28 heavy (non-hydrogen) atoms. The van der Waals surface area contributed by atoms with Gasteiger partial charge in [0.2, 0.25) is 0 Å². The van der Waals surface area contributed by atoms with Crippen molar-refractivity contribution in [3.63, 3.8) is 0 Å². The van der Waals surface area contributed by atoms with Gasteiger partial charge in [-0.3, -0.25) is 4.79 Å². The van der Waals surface area contributed by atoms with Gasteiger partial charge >= 0.3 is 0 Å². The maximum Gasteiger partial charge on any atom is 0.260 e. The number of carbonyl (C=O) groups is 1. The third-order valence-corrected chi connectivity index (χ3v) is 6.26. The lowest BCUT2D eigenvalue weighted by molar-refractivity contribution is -0.133. The molecule has 0 saturated carbocycles. The number of ether oxygens (including phenoxy) is 1. The number of hydrogen-bond donors (Lipinski definition) is 0. The minimum absolute atomic E-state index is 0.0293. The van der Waals surface area contributed by atoms with E-state index >= 15 is 0 Å². The summed E-state index contributed by atoms with van der Waals surface area (Å²) >= 11 is 7.71. The standard InChI is InChI=1S/C21H22ClN3O2S/c1-2-15-5-3-4-6-18(15)27-14-20(26)24-9-11-25(12-10-24)21-23-17-8-7-16(22)13-19(17)28-21/h3-8,13H,2,9-12,14H2,1H3. The van der Waals surface area contributed by atoms with Gasteiger partial charge in [-0.1, -0.05) is 48.1 Å². The molecule has 4 rings (SSSR count). The Balaban J connectivity index is 1.33. The predicted octanol–water partition coefficient (Wildman–Crippen LogP) is 4.24. The van der Waals surface area contributed by atoms with E-state index in [2.05, 4.69) is 11.8 Å². The molecule has 2 aromatic carbocycles. The fourth-order valence-corrected chi connectivity index (χ4v) is 4.63. The topological polar surface area (TPSA) is 45.7 Å². The monoisotopic (exact) mass is 415 g/mol. The predicted molar refractivity (Wildman–Crippen MR) is 115 cm³/mol. The quantitative estimate of drug-likeness (QED) is 0.625. The largest absolute Gasteiger partial charge is 0.483 e. The fourth-order valence-electron chi connectivity index (χ4n) is 3.34. The number of thiazole rings is 1. The van der Waals surface area contributed by atoms with Gasteiger partial charge in [-0.25, -0.2) is 4.98 Å². The summed E-state index contributed by atoms with van der Waals surface area (Å²) in [7, 11) is 0. The SMILES string of the molecule is CCc1ccccc1OCC(=O)N1CCN(c2nc3ccc(Cl)cc3s2)CC1. The van der Waals surface area contributed by atoms with Crippen LogP contribution in [0.4, 0.5) is 5.13 Å². The number of benzene rings is 2. The Morgan fingerprint density at radius 1 is 1.18 bits per heavy atom. The summed E-state index contributed by atoms with van der Waals surface area (Å²) in [6.07, 6.45) is 0.885. The molecule has 0 N–H and O–H groups in total. The normalized spacial score (nSPS) is 14.5. The first-order chi connectivity index (χ1) is 13.6. The first-order valence-corrected chi connectivity index (χ1v) is 10.6. The molecule has 1 amide bonds. The summed E-state index contributed by atoms with van der Waals surface area (Å²) < 4.78 is 6.87. The van der Waals surface area contributed by atoms with Crippen molar-refractivity contribution in [3.05, 3.63) is 53.1 Å². The average molecular weight is 416 g/mol.